The maximum atomic E-state index is 12.0. The van der Waals surface area contributed by atoms with Gasteiger partial charge in [0.25, 0.3) is 0 Å². The van der Waals surface area contributed by atoms with Crippen LogP contribution in [0.15, 0.2) is 53.5 Å². The highest BCUT2D eigenvalue weighted by molar-refractivity contribution is 7.80. The molecule has 0 bridgehead atoms. The highest BCUT2D eigenvalue weighted by atomic mass is 32.1. The normalized spacial score (nSPS) is 11.2. The number of thiocarbonyl (C=S) groups is 1. The first-order valence-electron chi connectivity index (χ1n) is 15.3. The van der Waals surface area contributed by atoms with E-state index in [9.17, 15) is 9.59 Å². The summed E-state index contributed by atoms with van der Waals surface area (Å²) in [6.07, 6.45) is 2.49. The molecule has 0 aromatic heterocycles. The first-order chi connectivity index (χ1) is 21.2. The van der Waals surface area contributed by atoms with Crippen LogP contribution < -0.4 is 15.2 Å². The van der Waals surface area contributed by atoms with Crippen LogP contribution in [-0.2, 0) is 9.47 Å². The Morgan fingerprint density at radius 1 is 0.756 bits per heavy atom. The Morgan fingerprint density at radius 3 is 1.51 bits per heavy atom. The molecule has 0 saturated heterocycles. The lowest BCUT2D eigenvalue weighted by Crippen LogP contribution is -2.37. The second kappa shape index (κ2) is 20.2. The van der Waals surface area contributed by atoms with Gasteiger partial charge in [-0.15, -0.1) is 0 Å². The third kappa shape index (κ3) is 18.5. The Morgan fingerprint density at radius 2 is 1.16 bits per heavy atom. The zero-order chi connectivity index (χ0) is 33.9. The van der Waals surface area contributed by atoms with E-state index in [2.05, 4.69) is 17.2 Å². The molecule has 2 N–H and O–H groups in total. The van der Waals surface area contributed by atoms with Crippen molar-refractivity contribution in [2.45, 2.75) is 79.4 Å². The molecular weight excluding hydrogens is 592 g/mol. The largest absolute Gasteiger partial charge is 0.494 e. The van der Waals surface area contributed by atoms with Crippen LogP contribution in [0, 0.1) is 0 Å². The van der Waals surface area contributed by atoms with Crippen molar-refractivity contribution in [2.24, 2.45) is 4.99 Å². The van der Waals surface area contributed by atoms with Crippen LogP contribution in [0.25, 0.3) is 0 Å². The van der Waals surface area contributed by atoms with Crippen LogP contribution in [0.1, 0.15) is 68.2 Å². The highest BCUT2D eigenvalue weighted by Crippen LogP contribution is 2.18. The van der Waals surface area contributed by atoms with Crippen molar-refractivity contribution in [3.05, 3.63) is 48.5 Å². The van der Waals surface area contributed by atoms with Gasteiger partial charge in [-0.2, -0.15) is 0 Å². The molecule has 0 aliphatic heterocycles. The van der Waals surface area contributed by atoms with E-state index in [-0.39, 0.29) is 12.2 Å². The van der Waals surface area contributed by atoms with E-state index in [0.29, 0.717) is 45.1 Å². The SMILES string of the molecule is CCN(CCCOc1ccc(N)cc1)C(=O)OC(C)(C)C.CCN(CCCOc1ccc(N=CC=S)cc1)C(=O)OC(C)(C)C. The van der Waals surface area contributed by atoms with Gasteiger partial charge in [-0.05, 0) is 117 Å². The predicted molar refractivity (Wildman–Crippen MR) is 186 cm³/mol. The van der Waals surface area contributed by atoms with Crippen molar-refractivity contribution >= 4 is 47.4 Å². The Balaban J connectivity index is 0.000000454. The van der Waals surface area contributed by atoms with Gasteiger partial charge in [0.1, 0.15) is 22.7 Å². The monoisotopic (exact) mass is 644 g/mol. The molecule has 2 aromatic rings. The number of anilines is 1. The number of nitrogens with zero attached hydrogens (tertiary/aromatic N) is 3. The van der Waals surface area contributed by atoms with E-state index < -0.39 is 11.2 Å². The second-order valence-electron chi connectivity index (χ2n) is 12.0. The molecule has 0 aliphatic rings. The van der Waals surface area contributed by atoms with E-state index >= 15 is 0 Å². The molecule has 0 aliphatic carbocycles. The molecule has 0 saturated carbocycles. The zero-order valence-electron chi connectivity index (χ0n) is 28.2. The van der Waals surface area contributed by atoms with Crippen molar-refractivity contribution in [1.82, 2.24) is 9.80 Å². The first-order valence-corrected chi connectivity index (χ1v) is 15.8. The van der Waals surface area contributed by atoms with E-state index in [1.165, 1.54) is 5.37 Å². The summed E-state index contributed by atoms with van der Waals surface area (Å²) in [6.45, 7) is 18.6. The van der Waals surface area contributed by atoms with E-state index in [0.717, 1.165) is 30.0 Å². The fourth-order valence-corrected chi connectivity index (χ4v) is 3.67. The van der Waals surface area contributed by atoms with Crippen LogP contribution in [0.4, 0.5) is 21.0 Å². The van der Waals surface area contributed by atoms with Gasteiger partial charge in [-0.25, -0.2) is 9.59 Å². The van der Waals surface area contributed by atoms with Gasteiger partial charge in [-0.1, -0.05) is 12.2 Å². The maximum absolute atomic E-state index is 12.0. The molecule has 250 valence electrons. The summed E-state index contributed by atoms with van der Waals surface area (Å²) in [5.74, 6) is 1.56. The number of benzene rings is 2. The van der Waals surface area contributed by atoms with Gasteiger partial charge < -0.3 is 34.5 Å². The number of carbonyl (C=O) groups excluding carboxylic acids is 2. The van der Waals surface area contributed by atoms with Crippen molar-refractivity contribution < 1.29 is 28.5 Å². The number of rotatable bonds is 14. The van der Waals surface area contributed by atoms with Crippen molar-refractivity contribution in [1.29, 1.82) is 0 Å². The van der Waals surface area contributed by atoms with Crippen LogP contribution in [-0.4, -0.2) is 84.2 Å². The minimum Gasteiger partial charge on any atom is -0.494 e. The molecule has 45 heavy (non-hydrogen) atoms. The quantitative estimate of drug-likeness (QED) is 0.0962. The molecule has 10 nitrogen and oxygen atoms in total. The standard InChI is InChI=1S/C18H26N2O3S.C16H26N2O3/c1-5-20(17(21)23-18(2,3)4)12-6-13-22-16-9-7-15(8-10-16)19-11-14-24;1-5-18(15(19)21-16(2,3)4)11-6-12-20-14-9-7-13(17)8-10-14/h7-11,14H,5-6,12-13H2,1-4H3;7-10H,5-6,11-12,17H2,1-4H3. The molecule has 2 aromatic carbocycles. The summed E-state index contributed by atoms with van der Waals surface area (Å²) in [6, 6.07) is 14.7. The molecule has 11 heteroatoms. The molecule has 0 spiro atoms. The summed E-state index contributed by atoms with van der Waals surface area (Å²) < 4.78 is 22.0. The average Bonchev–Trinajstić information content (AvgIpc) is 2.96. The smallest absolute Gasteiger partial charge is 0.410 e. The Hall–Kier alpha value is -3.86. The molecule has 0 unspecified atom stereocenters. The number of ether oxygens (including phenoxy) is 4. The van der Waals surface area contributed by atoms with Crippen molar-refractivity contribution in [3.63, 3.8) is 0 Å². The second-order valence-corrected chi connectivity index (χ2v) is 12.3. The van der Waals surface area contributed by atoms with E-state index in [1.807, 2.05) is 91.8 Å². The Kier molecular flexibility index (Phi) is 17.6. The number of carbonyl (C=O) groups is 2. The molecule has 0 atom stereocenters. The third-order valence-corrected chi connectivity index (χ3v) is 5.87. The molecule has 0 heterocycles. The lowest BCUT2D eigenvalue weighted by molar-refractivity contribution is 0.0241. The third-order valence-electron chi connectivity index (χ3n) is 5.75. The Labute approximate surface area is 274 Å². The summed E-state index contributed by atoms with van der Waals surface area (Å²) in [4.78, 5) is 31.5. The molecule has 2 rings (SSSR count). The van der Waals surface area contributed by atoms with Crippen molar-refractivity contribution in [3.8, 4) is 11.5 Å². The number of aliphatic imine (C=N–C) groups is 1. The van der Waals surface area contributed by atoms with Crippen LogP contribution >= 0.6 is 12.2 Å². The average molecular weight is 645 g/mol. The summed E-state index contributed by atoms with van der Waals surface area (Å²) in [5, 5.41) is 1.47. The number of hydrogen-bond donors (Lipinski definition) is 1. The summed E-state index contributed by atoms with van der Waals surface area (Å²) in [5.41, 5.74) is 6.20. The van der Waals surface area contributed by atoms with Crippen molar-refractivity contribution in [2.75, 3.05) is 45.1 Å². The maximum Gasteiger partial charge on any atom is 0.410 e. The van der Waals surface area contributed by atoms with Gasteiger partial charge in [0.05, 0.1) is 18.9 Å². The minimum atomic E-state index is -0.478. The molecule has 0 fully saturated rings. The minimum absolute atomic E-state index is 0.280. The number of amides is 2. The Bertz CT molecular complexity index is 1180. The summed E-state index contributed by atoms with van der Waals surface area (Å²) in [7, 11) is 0. The van der Waals surface area contributed by atoms with Gasteiger partial charge in [-0.3, -0.25) is 4.99 Å². The number of nitrogen functional groups attached to an aromatic ring is 1. The fourth-order valence-electron chi connectivity index (χ4n) is 3.61. The topological polar surface area (TPSA) is 116 Å². The van der Waals surface area contributed by atoms with Crippen LogP contribution in [0.2, 0.25) is 0 Å². The zero-order valence-corrected chi connectivity index (χ0v) is 29.0. The number of hydrogen-bond acceptors (Lipinski definition) is 9. The lowest BCUT2D eigenvalue weighted by Gasteiger charge is -2.26. The summed E-state index contributed by atoms with van der Waals surface area (Å²) >= 11 is 4.69. The first kappa shape index (κ1) is 39.2. The van der Waals surface area contributed by atoms with Gasteiger partial charge >= 0.3 is 12.2 Å². The molecular formula is C34H52N4O6S. The molecule has 0 radical (unpaired) electrons. The van der Waals surface area contributed by atoms with Crippen LogP contribution in [0.5, 0.6) is 11.5 Å². The predicted octanol–water partition coefficient (Wildman–Crippen LogP) is 7.71. The number of nitrogens with two attached hydrogens (primary N) is 1. The fraction of sp³-hybridized carbons (Fsp3) is 0.529. The van der Waals surface area contributed by atoms with E-state index in [4.69, 9.17) is 24.7 Å². The van der Waals surface area contributed by atoms with Crippen LogP contribution in [0.3, 0.4) is 0 Å². The van der Waals surface area contributed by atoms with E-state index in [1.54, 1.807) is 28.1 Å². The highest BCUT2D eigenvalue weighted by Gasteiger charge is 2.21. The van der Waals surface area contributed by atoms with Gasteiger partial charge in [0.2, 0.25) is 0 Å². The molecule has 2 amide bonds. The van der Waals surface area contributed by atoms with Gasteiger partial charge in [0, 0.05) is 43.4 Å². The van der Waals surface area contributed by atoms with Gasteiger partial charge in [0.15, 0.2) is 0 Å². The lowest BCUT2D eigenvalue weighted by atomic mass is 10.2.